The number of anilines is 3. The number of hydrogen-bond donors (Lipinski definition) is 0. The molecule has 0 amide bonds. The number of fused-ring (bicyclic) bond motifs is 9. The van der Waals surface area contributed by atoms with Gasteiger partial charge in [0.15, 0.2) is 0 Å². The number of nitrogens with zero attached hydrogens (tertiary/aromatic N) is 2. The SMILES string of the molecule is c1ccc(-c2ccc(N(c3ccc(-c4ccc5sc6ccccc6c5c4)cc3)c3ccc(-c4cccc5c6cccc7c8ccccc8n(c45)c76)cc3)cc2)cc1. The zero-order chi connectivity index (χ0) is 37.5. The maximum absolute atomic E-state index is 2.49. The molecule has 12 rings (SSSR count). The highest BCUT2D eigenvalue weighted by molar-refractivity contribution is 7.25. The predicted molar refractivity (Wildman–Crippen MR) is 245 cm³/mol. The van der Waals surface area contributed by atoms with Gasteiger partial charge in [-0.25, -0.2) is 0 Å². The highest BCUT2D eigenvalue weighted by Gasteiger charge is 2.20. The molecule has 0 fully saturated rings. The Kier molecular flexibility index (Phi) is 7.13. The van der Waals surface area contributed by atoms with Crippen molar-refractivity contribution >= 4 is 86.7 Å². The minimum Gasteiger partial charge on any atom is -0.311 e. The first-order valence-corrected chi connectivity index (χ1v) is 20.3. The maximum Gasteiger partial charge on any atom is 0.0620 e. The van der Waals surface area contributed by atoms with E-state index in [1.54, 1.807) is 0 Å². The van der Waals surface area contributed by atoms with Crippen LogP contribution in [0.15, 0.2) is 206 Å². The predicted octanol–water partition coefficient (Wildman–Crippen LogP) is 15.7. The monoisotopic (exact) mass is 742 g/mol. The van der Waals surface area contributed by atoms with Crippen molar-refractivity contribution in [1.29, 1.82) is 0 Å². The van der Waals surface area contributed by atoms with Gasteiger partial charge in [-0.3, -0.25) is 0 Å². The lowest BCUT2D eigenvalue weighted by molar-refractivity contribution is 1.28. The average Bonchev–Trinajstić information content (AvgIpc) is 3.95. The molecule has 9 aromatic carbocycles. The molecule has 0 spiro atoms. The van der Waals surface area contributed by atoms with Crippen LogP contribution in [-0.4, -0.2) is 4.40 Å². The third kappa shape index (κ3) is 5.03. The molecule has 12 aromatic rings. The molecule has 3 heteroatoms. The molecule has 3 aromatic heterocycles. The fraction of sp³-hybridized carbons (Fsp3) is 0. The molecule has 0 radical (unpaired) electrons. The summed E-state index contributed by atoms with van der Waals surface area (Å²) in [7, 11) is 0. The number of benzene rings is 9. The molecule has 0 bridgehead atoms. The quantitative estimate of drug-likeness (QED) is 0.165. The number of thiophene rings is 1. The van der Waals surface area contributed by atoms with Gasteiger partial charge in [0.25, 0.3) is 0 Å². The third-order valence-corrected chi connectivity index (χ3v) is 12.9. The Labute approximate surface area is 334 Å². The van der Waals surface area contributed by atoms with Crippen molar-refractivity contribution in [2.24, 2.45) is 0 Å². The van der Waals surface area contributed by atoms with Crippen molar-refractivity contribution < 1.29 is 0 Å². The molecule has 0 atom stereocenters. The molecule has 0 unspecified atom stereocenters. The molecule has 0 N–H and O–H groups in total. The van der Waals surface area contributed by atoms with Gasteiger partial charge in [-0.15, -0.1) is 11.3 Å². The largest absolute Gasteiger partial charge is 0.311 e. The molecule has 0 saturated heterocycles. The Hall–Kier alpha value is -7.20. The molecule has 0 aliphatic carbocycles. The van der Waals surface area contributed by atoms with E-state index in [0.29, 0.717) is 0 Å². The Morgan fingerprint density at radius 2 is 0.807 bits per heavy atom. The second kappa shape index (κ2) is 12.7. The van der Waals surface area contributed by atoms with Gasteiger partial charge >= 0.3 is 0 Å². The first kappa shape index (κ1) is 32.1. The van der Waals surface area contributed by atoms with E-state index in [1.165, 1.54) is 91.6 Å². The van der Waals surface area contributed by atoms with Gasteiger partial charge in [-0.05, 0) is 88.5 Å². The van der Waals surface area contributed by atoms with Gasteiger partial charge in [-0.1, -0.05) is 146 Å². The molecule has 0 aliphatic heterocycles. The maximum atomic E-state index is 2.49. The fourth-order valence-corrected chi connectivity index (χ4v) is 10.2. The van der Waals surface area contributed by atoms with Crippen molar-refractivity contribution in [3.05, 3.63) is 206 Å². The second-order valence-electron chi connectivity index (χ2n) is 14.9. The topological polar surface area (TPSA) is 7.65 Å². The lowest BCUT2D eigenvalue weighted by Gasteiger charge is -2.26. The third-order valence-electron chi connectivity index (χ3n) is 11.7. The highest BCUT2D eigenvalue weighted by Crippen LogP contribution is 2.44. The Morgan fingerprint density at radius 1 is 0.316 bits per heavy atom. The van der Waals surface area contributed by atoms with Crippen molar-refractivity contribution in [2.45, 2.75) is 0 Å². The Bertz CT molecular complexity index is 3430. The van der Waals surface area contributed by atoms with Crippen LogP contribution in [0.5, 0.6) is 0 Å². The van der Waals surface area contributed by atoms with Crippen LogP contribution in [0.3, 0.4) is 0 Å². The number of hydrogen-bond acceptors (Lipinski definition) is 2. The van der Waals surface area contributed by atoms with Crippen molar-refractivity contribution in [3.8, 4) is 33.4 Å². The summed E-state index contributed by atoms with van der Waals surface area (Å²) in [5, 5.41) is 7.83. The highest BCUT2D eigenvalue weighted by atomic mass is 32.1. The molecule has 57 heavy (non-hydrogen) atoms. The summed E-state index contributed by atoms with van der Waals surface area (Å²) in [6, 6.07) is 75.6. The number of para-hydroxylation sites is 3. The minimum absolute atomic E-state index is 1.11. The van der Waals surface area contributed by atoms with E-state index < -0.39 is 0 Å². The molecule has 3 heterocycles. The van der Waals surface area contributed by atoms with E-state index in [4.69, 9.17) is 0 Å². The molecule has 0 saturated carbocycles. The van der Waals surface area contributed by atoms with Gasteiger partial charge in [0, 0.05) is 64.3 Å². The van der Waals surface area contributed by atoms with E-state index in [2.05, 4.69) is 216 Å². The van der Waals surface area contributed by atoms with Crippen LogP contribution in [0.25, 0.3) is 91.6 Å². The summed E-state index contributed by atoms with van der Waals surface area (Å²) >= 11 is 1.86. The minimum atomic E-state index is 1.11. The summed E-state index contributed by atoms with van der Waals surface area (Å²) in [5.74, 6) is 0. The van der Waals surface area contributed by atoms with Crippen molar-refractivity contribution in [1.82, 2.24) is 4.40 Å². The molecule has 0 aliphatic rings. The zero-order valence-corrected chi connectivity index (χ0v) is 31.7. The molecule has 2 nitrogen and oxygen atoms in total. The summed E-state index contributed by atoms with van der Waals surface area (Å²) < 4.78 is 5.14. The fourth-order valence-electron chi connectivity index (χ4n) is 9.08. The first-order chi connectivity index (χ1) is 28.3. The van der Waals surface area contributed by atoms with E-state index in [1.807, 2.05) is 11.3 Å². The van der Waals surface area contributed by atoms with Gasteiger partial charge < -0.3 is 9.30 Å². The molecular weight excluding hydrogens is 709 g/mol. The van der Waals surface area contributed by atoms with Gasteiger partial charge in [-0.2, -0.15) is 0 Å². The summed E-state index contributed by atoms with van der Waals surface area (Å²) in [5.41, 5.74) is 14.4. The number of rotatable bonds is 6. The molecule has 266 valence electrons. The van der Waals surface area contributed by atoms with E-state index in [-0.39, 0.29) is 0 Å². The van der Waals surface area contributed by atoms with Crippen molar-refractivity contribution in [3.63, 3.8) is 0 Å². The van der Waals surface area contributed by atoms with Crippen LogP contribution in [-0.2, 0) is 0 Å². The second-order valence-corrected chi connectivity index (χ2v) is 16.0. The van der Waals surface area contributed by atoms with E-state index >= 15 is 0 Å². The standard InChI is InChI=1S/C54H34N2S/c1-2-10-35(11-3-1)36-20-27-40(28-21-36)55(41-29-22-37(23-30-41)39-26-33-52-49(34-39)45-13-5-7-19-51(45)57-52)42-31-24-38(25-32-42)43-14-8-16-47-48-17-9-15-46-44-12-4-6-18-50(44)56(53(43)47)54(46)48/h1-34H. The number of aromatic nitrogens is 1. The average molecular weight is 743 g/mol. The zero-order valence-electron chi connectivity index (χ0n) is 30.9. The van der Waals surface area contributed by atoms with Gasteiger partial charge in [0.2, 0.25) is 0 Å². The van der Waals surface area contributed by atoms with E-state index in [9.17, 15) is 0 Å². The van der Waals surface area contributed by atoms with Gasteiger partial charge in [0.1, 0.15) is 0 Å². The van der Waals surface area contributed by atoms with Crippen LogP contribution < -0.4 is 4.90 Å². The normalized spacial score (nSPS) is 11.9. The Balaban J connectivity index is 0.967. The van der Waals surface area contributed by atoms with E-state index in [0.717, 1.165) is 17.1 Å². The van der Waals surface area contributed by atoms with Crippen molar-refractivity contribution in [2.75, 3.05) is 4.90 Å². The smallest absolute Gasteiger partial charge is 0.0620 e. The summed E-state index contributed by atoms with van der Waals surface area (Å²) in [6.07, 6.45) is 0. The van der Waals surface area contributed by atoms with Crippen LogP contribution in [0.1, 0.15) is 0 Å². The first-order valence-electron chi connectivity index (χ1n) is 19.5. The molecular formula is C54H34N2S. The van der Waals surface area contributed by atoms with Gasteiger partial charge in [0.05, 0.1) is 16.6 Å². The lowest BCUT2D eigenvalue weighted by atomic mass is 10.00. The van der Waals surface area contributed by atoms with Crippen LogP contribution in [0.2, 0.25) is 0 Å². The Morgan fingerprint density at radius 3 is 1.53 bits per heavy atom. The summed E-state index contributed by atoms with van der Waals surface area (Å²) in [4.78, 5) is 2.37. The lowest BCUT2D eigenvalue weighted by Crippen LogP contribution is -2.09. The van der Waals surface area contributed by atoms with Crippen LogP contribution in [0.4, 0.5) is 17.1 Å². The summed E-state index contributed by atoms with van der Waals surface area (Å²) in [6.45, 7) is 0. The van der Waals surface area contributed by atoms with Crippen LogP contribution in [0, 0.1) is 0 Å². The van der Waals surface area contributed by atoms with Crippen LogP contribution >= 0.6 is 11.3 Å².